The van der Waals surface area contributed by atoms with E-state index >= 15 is 0 Å². The molecule has 1 amide bonds. The van der Waals surface area contributed by atoms with Crippen molar-refractivity contribution in [1.82, 2.24) is 19.9 Å². The number of hydrogen-bond acceptors (Lipinski definition) is 7. The Balaban J connectivity index is 1.48. The van der Waals surface area contributed by atoms with E-state index in [2.05, 4.69) is 20.6 Å². The number of aryl methyl sites for hydroxylation is 3. The number of ether oxygens (including phenoxy) is 1. The van der Waals surface area contributed by atoms with Gasteiger partial charge in [0.25, 0.3) is 5.56 Å². The first-order valence-corrected chi connectivity index (χ1v) is 10.8. The van der Waals surface area contributed by atoms with Gasteiger partial charge in [-0.1, -0.05) is 18.2 Å². The van der Waals surface area contributed by atoms with Crippen LogP contribution in [0.3, 0.4) is 0 Å². The molecule has 1 aromatic carbocycles. The van der Waals surface area contributed by atoms with Gasteiger partial charge in [-0.15, -0.1) is 0 Å². The molecule has 3 aromatic rings. The maximum Gasteiger partial charge on any atom is 0.277 e. The summed E-state index contributed by atoms with van der Waals surface area (Å²) in [6.45, 7) is 4.58. The summed E-state index contributed by atoms with van der Waals surface area (Å²) in [6.07, 6.45) is 2.65. The van der Waals surface area contributed by atoms with Gasteiger partial charge in [-0.05, 0) is 49.1 Å². The molecule has 0 aliphatic carbocycles. The summed E-state index contributed by atoms with van der Waals surface area (Å²) >= 11 is 0. The standard InChI is InChI=1S/C24H28N6O3/c1-14-4-5-16(10-20(14)33-3)11-26-18-13-27-22-9-7-19(30(22)24(18)32)23(31)28-12-17-6-8-21(25)29-15(17)2/h4-6,8,10,13,19,26H,7,9,11-12H2,1-3H3,(H2,25,29)(H,28,31)/t19-/m0/s1. The van der Waals surface area contributed by atoms with Gasteiger partial charge in [0.15, 0.2) is 0 Å². The first kappa shape index (κ1) is 22.3. The summed E-state index contributed by atoms with van der Waals surface area (Å²) in [6, 6.07) is 8.84. The van der Waals surface area contributed by atoms with Gasteiger partial charge in [0, 0.05) is 25.2 Å². The van der Waals surface area contributed by atoms with Crippen LogP contribution in [-0.2, 0) is 24.3 Å². The second-order valence-corrected chi connectivity index (χ2v) is 8.17. The lowest BCUT2D eigenvalue weighted by Crippen LogP contribution is -2.36. The Morgan fingerprint density at radius 2 is 2.06 bits per heavy atom. The number of nitrogens with two attached hydrogens (primary N) is 1. The predicted molar refractivity (Wildman–Crippen MR) is 126 cm³/mol. The molecule has 0 bridgehead atoms. The lowest BCUT2D eigenvalue weighted by Gasteiger charge is -2.16. The van der Waals surface area contributed by atoms with Crippen LogP contribution in [-0.4, -0.2) is 27.6 Å². The summed E-state index contributed by atoms with van der Waals surface area (Å²) in [4.78, 5) is 34.7. The number of anilines is 2. The highest BCUT2D eigenvalue weighted by Gasteiger charge is 2.31. The Bertz CT molecular complexity index is 1250. The number of rotatable bonds is 7. The SMILES string of the molecule is COc1cc(CNc2cnc3n(c2=O)[C@H](C(=O)NCc2ccc(N)nc2C)CC3)ccc1C. The number of aromatic nitrogens is 3. The molecule has 2 aromatic heterocycles. The molecule has 1 aliphatic rings. The Labute approximate surface area is 192 Å². The zero-order valence-electron chi connectivity index (χ0n) is 19.0. The molecule has 0 saturated carbocycles. The summed E-state index contributed by atoms with van der Waals surface area (Å²) in [5.74, 6) is 1.64. The fraction of sp³-hybridized carbons (Fsp3) is 0.333. The molecule has 1 aliphatic heterocycles. The lowest BCUT2D eigenvalue weighted by atomic mass is 10.1. The third-order valence-corrected chi connectivity index (χ3v) is 5.95. The van der Waals surface area contributed by atoms with Crippen LogP contribution in [0.15, 0.2) is 41.3 Å². The molecule has 172 valence electrons. The zero-order chi connectivity index (χ0) is 23.5. The van der Waals surface area contributed by atoms with Gasteiger partial charge in [0.1, 0.15) is 29.1 Å². The Hall–Kier alpha value is -3.88. The van der Waals surface area contributed by atoms with E-state index in [9.17, 15) is 9.59 Å². The van der Waals surface area contributed by atoms with Crippen LogP contribution in [0, 0.1) is 13.8 Å². The van der Waals surface area contributed by atoms with Crippen LogP contribution in [0.25, 0.3) is 0 Å². The number of nitrogen functional groups attached to an aromatic ring is 1. The van der Waals surface area contributed by atoms with E-state index in [0.717, 1.165) is 28.1 Å². The van der Waals surface area contributed by atoms with E-state index in [0.29, 0.717) is 43.3 Å². The van der Waals surface area contributed by atoms with Crippen molar-refractivity contribution in [3.63, 3.8) is 0 Å². The van der Waals surface area contributed by atoms with E-state index in [1.54, 1.807) is 19.4 Å². The van der Waals surface area contributed by atoms with Crippen molar-refractivity contribution in [1.29, 1.82) is 0 Å². The van der Waals surface area contributed by atoms with E-state index in [4.69, 9.17) is 10.5 Å². The van der Waals surface area contributed by atoms with Gasteiger partial charge in [-0.2, -0.15) is 0 Å². The highest BCUT2D eigenvalue weighted by Crippen LogP contribution is 2.24. The van der Waals surface area contributed by atoms with Crippen molar-refractivity contribution in [2.75, 3.05) is 18.2 Å². The van der Waals surface area contributed by atoms with Crippen molar-refractivity contribution in [2.45, 2.75) is 45.8 Å². The number of fused-ring (bicyclic) bond motifs is 1. The number of pyridine rings is 1. The minimum atomic E-state index is -0.594. The molecule has 33 heavy (non-hydrogen) atoms. The smallest absolute Gasteiger partial charge is 0.277 e. The van der Waals surface area contributed by atoms with Crippen LogP contribution in [0.4, 0.5) is 11.5 Å². The summed E-state index contributed by atoms with van der Waals surface area (Å²) in [5, 5.41) is 6.08. The minimum absolute atomic E-state index is 0.214. The number of benzene rings is 1. The molecular formula is C24H28N6O3. The molecule has 3 heterocycles. The third-order valence-electron chi connectivity index (χ3n) is 5.95. The van der Waals surface area contributed by atoms with Gasteiger partial charge < -0.3 is 21.1 Å². The minimum Gasteiger partial charge on any atom is -0.496 e. The number of carbonyl (C=O) groups excluding carboxylic acids is 1. The van der Waals surface area contributed by atoms with Gasteiger partial charge in [0.05, 0.1) is 13.3 Å². The normalized spacial score (nSPS) is 14.6. The van der Waals surface area contributed by atoms with Gasteiger partial charge >= 0.3 is 0 Å². The number of methoxy groups -OCH3 is 1. The Morgan fingerprint density at radius 1 is 1.24 bits per heavy atom. The lowest BCUT2D eigenvalue weighted by molar-refractivity contribution is -0.124. The van der Waals surface area contributed by atoms with Crippen LogP contribution < -0.4 is 26.7 Å². The molecule has 0 spiro atoms. The molecule has 0 unspecified atom stereocenters. The third kappa shape index (κ3) is 4.67. The monoisotopic (exact) mass is 448 g/mol. The average molecular weight is 449 g/mol. The molecule has 0 radical (unpaired) electrons. The Morgan fingerprint density at radius 3 is 2.82 bits per heavy atom. The number of hydrogen-bond donors (Lipinski definition) is 3. The quantitative estimate of drug-likeness (QED) is 0.506. The van der Waals surface area contributed by atoms with Gasteiger partial charge in [-0.3, -0.25) is 14.2 Å². The van der Waals surface area contributed by atoms with Gasteiger partial charge in [-0.25, -0.2) is 9.97 Å². The van der Waals surface area contributed by atoms with E-state index < -0.39 is 6.04 Å². The predicted octanol–water partition coefficient (Wildman–Crippen LogP) is 2.26. The van der Waals surface area contributed by atoms with Crippen molar-refractivity contribution >= 4 is 17.4 Å². The first-order chi connectivity index (χ1) is 15.9. The number of nitrogens with zero attached hydrogens (tertiary/aromatic N) is 3. The number of nitrogens with one attached hydrogen (secondary N) is 2. The van der Waals surface area contributed by atoms with Crippen LogP contribution in [0.1, 0.15) is 40.7 Å². The van der Waals surface area contributed by atoms with Crippen LogP contribution in [0.2, 0.25) is 0 Å². The highest BCUT2D eigenvalue weighted by molar-refractivity contribution is 5.81. The second kappa shape index (κ2) is 9.32. The highest BCUT2D eigenvalue weighted by atomic mass is 16.5. The van der Waals surface area contributed by atoms with Crippen molar-refractivity contribution < 1.29 is 9.53 Å². The average Bonchev–Trinajstić information content (AvgIpc) is 3.24. The first-order valence-electron chi connectivity index (χ1n) is 10.8. The number of carbonyl (C=O) groups is 1. The summed E-state index contributed by atoms with van der Waals surface area (Å²) < 4.78 is 6.87. The van der Waals surface area contributed by atoms with E-state index in [1.807, 2.05) is 38.1 Å². The van der Waals surface area contributed by atoms with Gasteiger partial charge in [0.2, 0.25) is 5.91 Å². The molecule has 4 N–H and O–H groups in total. The summed E-state index contributed by atoms with van der Waals surface area (Å²) in [7, 11) is 1.63. The fourth-order valence-corrected chi connectivity index (χ4v) is 4.04. The van der Waals surface area contributed by atoms with Crippen molar-refractivity contribution in [3.05, 3.63) is 75.1 Å². The summed E-state index contributed by atoms with van der Waals surface area (Å²) in [5.41, 5.74) is 9.46. The molecular weight excluding hydrogens is 420 g/mol. The topological polar surface area (TPSA) is 124 Å². The zero-order valence-corrected chi connectivity index (χ0v) is 19.0. The molecule has 4 rings (SSSR count). The van der Waals surface area contributed by atoms with Crippen LogP contribution in [0.5, 0.6) is 5.75 Å². The number of amides is 1. The Kier molecular flexibility index (Phi) is 6.30. The maximum absolute atomic E-state index is 13.2. The molecule has 0 fully saturated rings. The van der Waals surface area contributed by atoms with E-state index in [1.165, 1.54) is 4.57 Å². The molecule has 0 saturated heterocycles. The largest absolute Gasteiger partial charge is 0.496 e. The van der Waals surface area contributed by atoms with E-state index in [-0.39, 0.29) is 11.5 Å². The molecule has 9 heteroatoms. The van der Waals surface area contributed by atoms with Crippen LogP contribution >= 0.6 is 0 Å². The molecule has 1 atom stereocenters. The van der Waals surface area contributed by atoms with Crippen molar-refractivity contribution in [2.24, 2.45) is 0 Å². The maximum atomic E-state index is 13.2. The second-order valence-electron chi connectivity index (χ2n) is 8.17. The van der Waals surface area contributed by atoms with Crippen molar-refractivity contribution in [3.8, 4) is 5.75 Å². The molecule has 9 nitrogen and oxygen atoms in total. The fourth-order valence-electron chi connectivity index (χ4n) is 4.04.